The number of hydrogen-bond acceptors (Lipinski definition) is 4. The van der Waals surface area contributed by atoms with E-state index in [0.29, 0.717) is 31.0 Å². The molecule has 0 bridgehead atoms. The number of carboxylic acid groups (broad SMARTS) is 1. The molecule has 1 fully saturated rings. The third kappa shape index (κ3) is 3.62. The summed E-state index contributed by atoms with van der Waals surface area (Å²) < 4.78 is 27.1. The lowest BCUT2D eigenvalue weighted by Crippen LogP contribution is -2.52. The number of hydrogen-bond donors (Lipinski definition) is 3. The fourth-order valence-corrected chi connectivity index (χ4v) is 4.11. The van der Waals surface area contributed by atoms with Gasteiger partial charge < -0.3 is 10.1 Å². The molecule has 7 nitrogen and oxygen atoms in total. The van der Waals surface area contributed by atoms with Gasteiger partial charge in [0.1, 0.15) is 11.5 Å². The van der Waals surface area contributed by atoms with E-state index in [4.69, 9.17) is 5.11 Å². The molecule has 3 N–H and O–H groups in total. The highest BCUT2D eigenvalue weighted by Gasteiger charge is 2.44. The summed E-state index contributed by atoms with van der Waals surface area (Å²) in [5, 5.41) is 8.92. The average Bonchev–Trinajstić information content (AvgIpc) is 2.81. The van der Waals surface area contributed by atoms with E-state index in [2.05, 4.69) is 14.7 Å². The van der Waals surface area contributed by atoms with Gasteiger partial charge >= 0.3 is 5.97 Å². The van der Waals surface area contributed by atoms with Crippen molar-refractivity contribution in [2.24, 2.45) is 5.92 Å². The number of carboxylic acids is 1. The fraction of sp³-hybridized carbons (Fsp3) is 0.692. The maximum Gasteiger partial charge on any atom is 0.353 e. The van der Waals surface area contributed by atoms with Crippen molar-refractivity contribution in [2.45, 2.75) is 45.1 Å². The minimum Gasteiger partial charge on any atom is -0.477 e. The van der Waals surface area contributed by atoms with Gasteiger partial charge in [-0.05, 0) is 31.6 Å². The third-order valence-corrected chi connectivity index (χ3v) is 5.26. The van der Waals surface area contributed by atoms with Crippen LogP contribution in [0.15, 0.2) is 6.20 Å². The Morgan fingerprint density at radius 3 is 2.62 bits per heavy atom. The van der Waals surface area contributed by atoms with Crippen LogP contribution in [0.4, 0.5) is 0 Å². The van der Waals surface area contributed by atoms with Gasteiger partial charge in [-0.3, -0.25) is 0 Å². The SMILES string of the molecule is CC(C)CCS(=O)(=O)NC1(c2ncc(C(=O)O)[nH]2)CCC1. The molecule has 0 aliphatic heterocycles. The second-order valence-corrected chi connectivity index (χ2v) is 7.83. The minimum absolute atomic E-state index is 0.0300. The Kier molecular flexibility index (Phi) is 4.38. The van der Waals surface area contributed by atoms with Crippen LogP contribution in [-0.2, 0) is 15.6 Å². The molecule has 1 aliphatic rings. The van der Waals surface area contributed by atoms with Gasteiger partial charge in [-0.2, -0.15) is 0 Å². The molecule has 118 valence electrons. The van der Waals surface area contributed by atoms with Gasteiger partial charge in [0.15, 0.2) is 0 Å². The number of aromatic carboxylic acids is 1. The second-order valence-electron chi connectivity index (χ2n) is 5.99. The van der Waals surface area contributed by atoms with E-state index in [1.165, 1.54) is 6.20 Å². The Hall–Kier alpha value is -1.41. The van der Waals surface area contributed by atoms with Crippen LogP contribution in [0.25, 0.3) is 0 Å². The summed E-state index contributed by atoms with van der Waals surface area (Å²) in [7, 11) is -3.41. The fourth-order valence-electron chi connectivity index (χ4n) is 2.33. The van der Waals surface area contributed by atoms with E-state index in [-0.39, 0.29) is 11.4 Å². The van der Waals surface area contributed by atoms with Crippen molar-refractivity contribution in [3.8, 4) is 0 Å². The number of nitrogens with one attached hydrogen (secondary N) is 2. The average molecular weight is 315 g/mol. The number of nitrogens with zero attached hydrogens (tertiary/aromatic N) is 1. The highest BCUT2D eigenvalue weighted by Crippen LogP contribution is 2.40. The molecule has 0 amide bonds. The molecule has 0 unspecified atom stereocenters. The van der Waals surface area contributed by atoms with Crippen molar-refractivity contribution in [1.29, 1.82) is 0 Å². The van der Waals surface area contributed by atoms with Crippen LogP contribution in [0, 0.1) is 5.92 Å². The van der Waals surface area contributed by atoms with Crippen molar-refractivity contribution < 1.29 is 18.3 Å². The number of carbonyl (C=O) groups is 1. The van der Waals surface area contributed by atoms with Crippen LogP contribution in [0.5, 0.6) is 0 Å². The molecular formula is C13H21N3O4S. The molecule has 21 heavy (non-hydrogen) atoms. The van der Waals surface area contributed by atoms with Gasteiger partial charge in [-0.15, -0.1) is 0 Å². The Bertz CT molecular complexity index is 617. The van der Waals surface area contributed by atoms with E-state index >= 15 is 0 Å². The number of aromatic amines is 1. The number of imidazole rings is 1. The smallest absolute Gasteiger partial charge is 0.353 e. The lowest BCUT2D eigenvalue weighted by atomic mass is 9.77. The monoisotopic (exact) mass is 315 g/mol. The normalized spacial score (nSPS) is 17.7. The van der Waals surface area contributed by atoms with Crippen LogP contribution in [0.3, 0.4) is 0 Å². The third-order valence-electron chi connectivity index (χ3n) is 3.78. The Balaban J connectivity index is 2.16. The van der Waals surface area contributed by atoms with Crippen molar-refractivity contribution in [1.82, 2.24) is 14.7 Å². The molecule has 1 saturated carbocycles. The number of sulfonamides is 1. The second kappa shape index (κ2) is 5.76. The number of H-pyrrole nitrogens is 1. The van der Waals surface area contributed by atoms with Gasteiger partial charge in [0.05, 0.1) is 17.5 Å². The summed E-state index contributed by atoms with van der Waals surface area (Å²) >= 11 is 0. The zero-order valence-corrected chi connectivity index (χ0v) is 13.0. The van der Waals surface area contributed by atoms with Gasteiger partial charge in [0.25, 0.3) is 0 Å². The van der Waals surface area contributed by atoms with Gasteiger partial charge in [0.2, 0.25) is 10.0 Å². The first kappa shape index (κ1) is 16.0. The first-order valence-electron chi connectivity index (χ1n) is 7.04. The molecule has 1 aromatic rings. The van der Waals surface area contributed by atoms with Crippen LogP contribution in [0.2, 0.25) is 0 Å². The summed E-state index contributed by atoms with van der Waals surface area (Å²) in [5.41, 5.74) is -0.804. The molecular weight excluding hydrogens is 294 g/mol. The topological polar surface area (TPSA) is 112 Å². The number of aromatic nitrogens is 2. The van der Waals surface area contributed by atoms with Crippen LogP contribution in [0.1, 0.15) is 55.8 Å². The maximum absolute atomic E-state index is 12.2. The van der Waals surface area contributed by atoms with Gasteiger partial charge in [0, 0.05) is 0 Å². The van der Waals surface area contributed by atoms with E-state index in [9.17, 15) is 13.2 Å². The molecule has 0 saturated heterocycles. The Morgan fingerprint density at radius 1 is 1.52 bits per heavy atom. The van der Waals surface area contributed by atoms with E-state index in [0.717, 1.165) is 6.42 Å². The molecule has 1 heterocycles. The summed E-state index contributed by atoms with van der Waals surface area (Å²) in [6.07, 6.45) is 3.95. The Labute approximate surface area is 124 Å². The molecule has 0 radical (unpaired) electrons. The molecule has 1 aliphatic carbocycles. The molecule has 1 aromatic heterocycles. The van der Waals surface area contributed by atoms with Crippen molar-refractivity contribution in [3.05, 3.63) is 17.7 Å². The molecule has 0 atom stereocenters. The van der Waals surface area contributed by atoms with Gasteiger partial charge in [-0.1, -0.05) is 13.8 Å². The summed E-state index contributed by atoms with van der Waals surface area (Å²) in [5.74, 6) is -0.342. The Morgan fingerprint density at radius 2 is 2.19 bits per heavy atom. The highest BCUT2D eigenvalue weighted by molar-refractivity contribution is 7.89. The van der Waals surface area contributed by atoms with Crippen LogP contribution < -0.4 is 4.72 Å². The summed E-state index contributed by atoms with van der Waals surface area (Å²) in [6, 6.07) is 0. The molecule has 0 spiro atoms. The maximum atomic E-state index is 12.2. The van der Waals surface area contributed by atoms with E-state index in [1.54, 1.807) is 0 Å². The largest absolute Gasteiger partial charge is 0.477 e. The van der Waals surface area contributed by atoms with Crippen LogP contribution >= 0.6 is 0 Å². The van der Waals surface area contributed by atoms with E-state index in [1.807, 2.05) is 13.8 Å². The van der Waals surface area contributed by atoms with Crippen molar-refractivity contribution in [2.75, 3.05) is 5.75 Å². The first-order valence-corrected chi connectivity index (χ1v) is 8.70. The summed E-state index contributed by atoms with van der Waals surface area (Å²) in [6.45, 7) is 3.95. The molecule has 2 rings (SSSR count). The molecule has 8 heteroatoms. The summed E-state index contributed by atoms with van der Waals surface area (Å²) in [4.78, 5) is 17.7. The number of rotatable bonds is 7. The quantitative estimate of drug-likeness (QED) is 0.705. The van der Waals surface area contributed by atoms with Crippen molar-refractivity contribution in [3.63, 3.8) is 0 Å². The predicted octanol–water partition coefficient (Wildman–Crippen LogP) is 1.45. The van der Waals surface area contributed by atoms with E-state index < -0.39 is 21.5 Å². The van der Waals surface area contributed by atoms with Crippen molar-refractivity contribution >= 4 is 16.0 Å². The van der Waals surface area contributed by atoms with Gasteiger partial charge in [-0.25, -0.2) is 22.9 Å². The van der Waals surface area contributed by atoms with Crippen LogP contribution in [-0.4, -0.2) is 35.2 Å². The zero-order valence-electron chi connectivity index (χ0n) is 12.2. The molecule has 0 aromatic carbocycles. The highest BCUT2D eigenvalue weighted by atomic mass is 32.2. The lowest BCUT2D eigenvalue weighted by Gasteiger charge is -2.40. The predicted molar refractivity (Wildman–Crippen MR) is 77.5 cm³/mol. The lowest BCUT2D eigenvalue weighted by molar-refractivity contribution is 0.0690. The first-order chi connectivity index (χ1) is 9.74. The zero-order chi connectivity index (χ0) is 15.7. The minimum atomic E-state index is -3.41. The standard InChI is InChI=1S/C13H21N3O4S/c1-9(2)4-7-21(19,20)16-13(5-3-6-13)12-14-8-10(15-12)11(17)18/h8-9,16H,3-7H2,1-2H3,(H,14,15)(H,17,18).